The first-order chi connectivity index (χ1) is 17.6. The molecule has 0 spiro atoms. The number of hydrogen-bond acceptors (Lipinski definition) is 6. The molecule has 8 nitrogen and oxygen atoms in total. The van der Waals surface area contributed by atoms with Crippen LogP contribution in [0.3, 0.4) is 0 Å². The number of nitrogens with zero attached hydrogens (tertiary/aromatic N) is 2. The number of amides is 2. The second-order valence-electron chi connectivity index (χ2n) is 9.26. The monoisotopic (exact) mass is 596 g/mol. The molecule has 0 saturated carbocycles. The lowest BCUT2D eigenvalue weighted by Gasteiger charge is -2.29. The van der Waals surface area contributed by atoms with E-state index in [1.54, 1.807) is 20.8 Å². The Labute approximate surface area is 231 Å². The van der Waals surface area contributed by atoms with Crippen LogP contribution >= 0.6 is 23.2 Å². The third-order valence-electron chi connectivity index (χ3n) is 5.14. The number of ether oxygens (including phenoxy) is 2. The highest BCUT2D eigenvalue weighted by Gasteiger charge is 2.62. The molecule has 0 aromatic heterocycles. The maximum atomic E-state index is 14.4. The largest absolute Gasteiger partial charge is 0.442 e. The first-order valence-corrected chi connectivity index (χ1v) is 12.1. The number of hydrazine groups is 1. The summed E-state index contributed by atoms with van der Waals surface area (Å²) >= 11 is 17.3. The molecule has 0 fully saturated rings. The smallest absolute Gasteiger partial charge is 0.435 e. The minimum Gasteiger partial charge on any atom is -0.442 e. The first-order valence-electron chi connectivity index (χ1n) is 11.0. The summed E-state index contributed by atoms with van der Waals surface area (Å²) in [7, 11) is 1.29. The summed E-state index contributed by atoms with van der Waals surface area (Å²) in [6, 6.07) is 7.62. The third-order valence-corrected chi connectivity index (χ3v) is 5.92. The number of benzene rings is 2. The van der Waals surface area contributed by atoms with Crippen LogP contribution in [0.5, 0.6) is 0 Å². The lowest BCUT2D eigenvalue weighted by atomic mass is 9.86. The second-order valence-corrected chi connectivity index (χ2v) is 10.6. The van der Waals surface area contributed by atoms with Crippen molar-refractivity contribution in [2.45, 2.75) is 44.6 Å². The van der Waals surface area contributed by atoms with Gasteiger partial charge in [0.1, 0.15) is 17.9 Å². The Kier molecular flexibility index (Phi) is 8.77. The molecule has 2 amide bonds. The maximum Gasteiger partial charge on any atom is 0.435 e. The quantitative estimate of drug-likeness (QED) is 0.448. The molecule has 1 atom stereocenters. The average Bonchev–Trinajstić information content (AvgIpc) is 3.23. The molecular formula is C24H24Cl3F3N3O5+. The summed E-state index contributed by atoms with van der Waals surface area (Å²) in [5.74, 6) is -0.700. The number of anilines is 1. The molecule has 1 aliphatic rings. The van der Waals surface area contributed by atoms with Crippen molar-refractivity contribution < 1.29 is 48.7 Å². The van der Waals surface area contributed by atoms with Gasteiger partial charge in [-0.05, 0) is 51.1 Å². The van der Waals surface area contributed by atoms with E-state index in [9.17, 15) is 22.8 Å². The molecule has 1 unspecified atom stereocenters. The highest BCUT2D eigenvalue weighted by atomic mass is 35.5. The third kappa shape index (κ3) is 6.63. The van der Waals surface area contributed by atoms with E-state index in [-0.39, 0.29) is 44.2 Å². The SMILES string of the molecule is COCC(=O)NN(C(=O)OC(C)(C)C)c1cc(C2=NOC(c3cc(Cl)cc(Cl)c3)(C(F)(F)F)C2)ccc1[ClH+]. The molecule has 1 aliphatic heterocycles. The van der Waals surface area contributed by atoms with Gasteiger partial charge in [0.05, 0.1) is 5.71 Å². The normalized spacial score (nSPS) is 17.5. The summed E-state index contributed by atoms with van der Waals surface area (Å²) in [5, 5.41) is 4.57. The number of hydrogen-bond donors (Lipinski definition) is 1. The van der Waals surface area contributed by atoms with E-state index in [1.807, 2.05) is 0 Å². The van der Waals surface area contributed by atoms with Gasteiger partial charge in [-0.25, -0.2) is 4.79 Å². The van der Waals surface area contributed by atoms with E-state index < -0.39 is 35.8 Å². The highest BCUT2D eigenvalue weighted by molar-refractivity contribution is 6.34. The van der Waals surface area contributed by atoms with Crippen molar-refractivity contribution in [3.05, 3.63) is 62.6 Å². The van der Waals surface area contributed by atoms with Crippen LogP contribution in [0.2, 0.25) is 15.1 Å². The molecule has 206 valence electrons. The van der Waals surface area contributed by atoms with Crippen molar-refractivity contribution in [1.29, 1.82) is 0 Å². The topological polar surface area (TPSA) is 89.5 Å². The van der Waals surface area contributed by atoms with E-state index in [0.717, 1.165) is 17.1 Å². The van der Waals surface area contributed by atoms with Crippen molar-refractivity contribution in [2.24, 2.45) is 5.16 Å². The molecule has 3 rings (SSSR count). The van der Waals surface area contributed by atoms with Crippen LogP contribution in [0, 0.1) is 11.6 Å². The van der Waals surface area contributed by atoms with Gasteiger partial charge in [0.2, 0.25) is 0 Å². The van der Waals surface area contributed by atoms with Gasteiger partial charge in [0, 0.05) is 40.8 Å². The molecule has 14 heteroatoms. The van der Waals surface area contributed by atoms with Crippen LogP contribution in [0.1, 0.15) is 38.3 Å². The maximum absolute atomic E-state index is 14.4. The fraction of sp³-hybridized carbons (Fsp3) is 0.375. The molecular weight excluding hydrogens is 574 g/mol. The Balaban J connectivity index is 2.03. The van der Waals surface area contributed by atoms with Gasteiger partial charge in [0.15, 0.2) is 11.6 Å². The Morgan fingerprint density at radius 1 is 1.16 bits per heavy atom. The number of halogens is 6. The van der Waals surface area contributed by atoms with E-state index in [1.165, 1.54) is 31.4 Å². The van der Waals surface area contributed by atoms with Gasteiger partial charge in [-0.2, -0.15) is 18.2 Å². The van der Waals surface area contributed by atoms with E-state index in [0.29, 0.717) is 0 Å². The Hall–Kier alpha value is -2.73. The number of carbonyl (C=O) groups is 2. The van der Waals surface area contributed by atoms with E-state index in [2.05, 4.69) is 10.6 Å². The number of oxime groups is 1. The average molecular weight is 598 g/mol. The predicted molar refractivity (Wildman–Crippen MR) is 132 cm³/mol. The van der Waals surface area contributed by atoms with Gasteiger partial charge in [-0.1, -0.05) is 28.4 Å². The van der Waals surface area contributed by atoms with Gasteiger partial charge in [-0.3, -0.25) is 10.2 Å². The van der Waals surface area contributed by atoms with Crippen LogP contribution in [0.25, 0.3) is 0 Å². The Morgan fingerprint density at radius 3 is 2.34 bits per heavy atom. The molecule has 0 aliphatic carbocycles. The number of methoxy groups -OCH3 is 1. The molecule has 1 N–H and O–H groups in total. The Morgan fingerprint density at radius 2 is 1.79 bits per heavy atom. The summed E-state index contributed by atoms with van der Waals surface area (Å²) in [6.07, 6.45) is -6.61. The number of nitrogens with one attached hydrogen (secondary N) is 1. The fourth-order valence-electron chi connectivity index (χ4n) is 3.52. The zero-order valence-electron chi connectivity index (χ0n) is 20.6. The van der Waals surface area contributed by atoms with Crippen LogP contribution in [0.15, 0.2) is 41.6 Å². The summed E-state index contributed by atoms with van der Waals surface area (Å²) < 4.78 is 53.3. The minimum atomic E-state index is -4.90. The highest BCUT2D eigenvalue weighted by Crippen LogP contribution is 2.50. The fourth-order valence-corrected chi connectivity index (χ4v) is 4.26. The van der Waals surface area contributed by atoms with Gasteiger partial charge < -0.3 is 14.3 Å². The zero-order chi connectivity index (χ0) is 28.5. The summed E-state index contributed by atoms with van der Waals surface area (Å²) in [5.41, 5.74) is -1.76. The van der Waals surface area contributed by atoms with E-state index in [4.69, 9.17) is 49.1 Å². The standard InChI is InChI=1S/C24H23Cl3F3N3O5/c1-22(2,3)37-21(35)33(31-20(34)12-36-4)19-7-13(5-6-17(19)27)18-11-23(38-32-18,24(28,29)30)14-8-15(25)10-16(26)9-14/h5-10,27H,11-12H2,1-4H3/p+1. The van der Waals surface area contributed by atoms with Crippen molar-refractivity contribution in [1.82, 2.24) is 5.43 Å². The van der Waals surface area contributed by atoms with Crippen molar-refractivity contribution in [2.75, 3.05) is 18.7 Å². The number of alkyl halides is 3. The molecule has 0 radical (unpaired) electrons. The number of carbonyl (C=O) groups excluding carboxylic acids is 2. The first kappa shape index (κ1) is 29.8. The molecule has 0 saturated heterocycles. The molecule has 38 heavy (non-hydrogen) atoms. The van der Waals surface area contributed by atoms with Crippen LogP contribution in [-0.2, 0) is 24.7 Å². The molecule has 0 bridgehead atoms. The van der Waals surface area contributed by atoms with Crippen molar-refractivity contribution >= 4 is 46.6 Å². The van der Waals surface area contributed by atoms with Gasteiger partial charge in [0.25, 0.3) is 16.5 Å². The minimum absolute atomic E-state index is 0.00859. The van der Waals surface area contributed by atoms with Crippen LogP contribution < -0.4 is 10.4 Å². The van der Waals surface area contributed by atoms with Crippen molar-refractivity contribution in [3.63, 3.8) is 0 Å². The number of rotatable bonds is 5. The molecule has 1 heterocycles. The second kappa shape index (κ2) is 11.2. The van der Waals surface area contributed by atoms with Crippen LogP contribution in [-0.4, -0.2) is 43.2 Å². The zero-order valence-corrected chi connectivity index (χ0v) is 22.9. The predicted octanol–water partition coefficient (Wildman–Crippen LogP) is 5.69. The Bertz CT molecular complexity index is 1250. The van der Waals surface area contributed by atoms with E-state index >= 15 is 0 Å². The lowest BCUT2D eigenvalue weighted by molar-refractivity contribution is -0.287. The molecule has 2 aromatic rings. The molecule has 2 aromatic carbocycles. The van der Waals surface area contributed by atoms with Crippen molar-refractivity contribution in [3.8, 4) is 0 Å². The lowest BCUT2D eigenvalue weighted by Crippen LogP contribution is -2.50. The van der Waals surface area contributed by atoms with Gasteiger partial charge >= 0.3 is 12.3 Å². The van der Waals surface area contributed by atoms with Crippen LogP contribution in [0.4, 0.5) is 23.7 Å². The summed E-state index contributed by atoms with van der Waals surface area (Å²) in [6.45, 7) is 4.47. The van der Waals surface area contributed by atoms with Gasteiger partial charge in [-0.15, -0.1) is 0 Å². The summed E-state index contributed by atoms with van der Waals surface area (Å²) in [4.78, 5) is 30.2.